The summed E-state index contributed by atoms with van der Waals surface area (Å²) in [5.74, 6) is 1.94. The quantitative estimate of drug-likeness (QED) is 0.850. The Morgan fingerprint density at radius 3 is 2.74 bits per heavy atom. The van der Waals surface area contributed by atoms with E-state index in [0.29, 0.717) is 6.04 Å². The van der Waals surface area contributed by atoms with Crippen molar-refractivity contribution in [2.45, 2.75) is 46.2 Å². The van der Waals surface area contributed by atoms with E-state index in [1.807, 2.05) is 4.68 Å². The maximum atomic E-state index is 4.40. The first-order valence-electron chi connectivity index (χ1n) is 7.52. The number of hydrogen-bond acceptors (Lipinski definition) is 4. The standard InChI is InChI=1S/C14H27N5/c1-4-15-9-13-5-7-18(8-6-13)10-14-16-11-17-19(14)12(2)3/h11-13,15H,4-10H2,1-3H3. The molecule has 1 saturated heterocycles. The van der Waals surface area contributed by atoms with Crippen LogP contribution in [0.4, 0.5) is 0 Å². The third kappa shape index (κ3) is 4.01. The van der Waals surface area contributed by atoms with Crippen molar-refractivity contribution in [1.82, 2.24) is 25.0 Å². The fraction of sp³-hybridized carbons (Fsp3) is 0.857. The van der Waals surface area contributed by atoms with E-state index in [1.54, 1.807) is 6.33 Å². The van der Waals surface area contributed by atoms with Gasteiger partial charge in [-0.3, -0.25) is 4.90 Å². The summed E-state index contributed by atoms with van der Waals surface area (Å²) >= 11 is 0. The molecule has 0 bridgehead atoms. The number of hydrogen-bond donors (Lipinski definition) is 1. The van der Waals surface area contributed by atoms with Crippen LogP contribution in [0.2, 0.25) is 0 Å². The molecule has 1 aromatic heterocycles. The minimum Gasteiger partial charge on any atom is -0.317 e. The molecule has 1 fully saturated rings. The summed E-state index contributed by atoms with van der Waals surface area (Å²) in [4.78, 5) is 6.90. The molecule has 2 rings (SSSR count). The lowest BCUT2D eigenvalue weighted by Crippen LogP contribution is -2.37. The van der Waals surface area contributed by atoms with E-state index in [-0.39, 0.29) is 0 Å². The van der Waals surface area contributed by atoms with Crippen LogP contribution >= 0.6 is 0 Å². The molecule has 0 amide bonds. The van der Waals surface area contributed by atoms with Gasteiger partial charge in [-0.15, -0.1) is 0 Å². The number of nitrogens with zero attached hydrogens (tertiary/aromatic N) is 4. The van der Waals surface area contributed by atoms with Gasteiger partial charge in [0.15, 0.2) is 0 Å². The Hall–Kier alpha value is -0.940. The third-order valence-electron chi connectivity index (χ3n) is 3.89. The monoisotopic (exact) mass is 265 g/mol. The van der Waals surface area contributed by atoms with Crippen molar-refractivity contribution in [1.29, 1.82) is 0 Å². The van der Waals surface area contributed by atoms with Gasteiger partial charge in [0.05, 0.1) is 6.54 Å². The van der Waals surface area contributed by atoms with Gasteiger partial charge in [0.25, 0.3) is 0 Å². The van der Waals surface area contributed by atoms with E-state index in [2.05, 4.69) is 41.1 Å². The predicted octanol–water partition coefficient (Wildman–Crippen LogP) is 1.68. The molecule has 0 unspecified atom stereocenters. The Bertz CT molecular complexity index is 366. The van der Waals surface area contributed by atoms with Crippen LogP contribution in [-0.2, 0) is 6.54 Å². The average Bonchev–Trinajstić information content (AvgIpc) is 2.86. The second-order valence-corrected chi connectivity index (χ2v) is 5.74. The number of likely N-dealkylation sites (tertiary alicyclic amines) is 1. The third-order valence-corrected chi connectivity index (χ3v) is 3.89. The molecular formula is C14H27N5. The minimum absolute atomic E-state index is 0.392. The van der Waals surface area contributed by atoms with E-state index in [1.165, 1.54) is 32.5 Å². The first-order valence-corrected chi connectivity index (χ1v) is 7.52. The fourth-order valence-corrected chi connectivity index (χ4v) is 2.72. The summed E-state index contributed by atoms with van der Waals surface area (Å²) in [5, 5.41) is 7.76. The maximum absolute atomic E-state index is 4.40. The Kier molecular flexibility index (Phi) is 5.34. The Balaban J connectivity index is 1.80. The molecule has 19 heavy (non-hydrogen) atoms. The highest BCUT2D eigenvalue weighted by Gasteiger charge is 2.20. The fourth-order valence-electron chi connectivity index (χ4n) is 2.72. The lowest BCUT2D eigenvalue weighted by Gasteiger charge is -2.31. The molecule has 0 aromatic carbocycles. The smallest absolute Gasteiger partial charge is 0.141 e. The molecule has 0 saturated carbocycles. The van der Waals surface area contributed by atoms with Crippen LogP contribution in [0.15, 0.2) is 6.33 Å². The number of rotatable bonds is 6. The van der Waals surface area contributed by atoms with Gasteiger partial charge in [-0.2, -0.15) is 5.10 Å². The summed E-state index contributed by atoms with van der Waals surface area (Å²) in [7, 11) is 0. The zero-order chi connectivity index (χ0) is 13.7. The van der Waals surface area contributed by atoms with Crippen molar-refractivity contribution in [3.63, 3.8) is 0 Å². The zero-order valence-electron chi connectivity index (χ0n) is 12.5. The van der Waals surface area contributed by atoms with Crippen molar-refractivity contribution in [2.24, 2.45) is 5.92 Å². The topological polar surface area (TPSA) is 46.0 Å². The van der Waals surface area contributed by atoms with Gasteiger partial charge in [0, 0.05) is 6.04 Å². The first kappa shape index (κ1) is 14.5. The molecule has 1 aromatic rings. The van der Waals surface area contributed by atoms with Crippen molar-refractivity contribution in [3.05, 3.63) is 12.2 Å². The van der Waals surface area contributed by atoms with E-state index in [0.717, 1.165) is 24.8 Å². The summed E-state index contributed by atoms with van der Waals surface area (Å²) in [5.41, 5.74) is 0. The van der Waals surface area contributed by atoms with Crippen LogP contribution in [0, 0.1) is 5.92 Å². The molecular weight excluding hydrogens is 238 g/mol. The van der Waals surface area contributed by atoms with Crippen LogP contribution in [0.25, 0.3) is 0 Å². The van der Waals surface area contributed by atoms with Crippen molar-refractivity contribution in [3.8, 4) is 0 Å². The van der Waals surface area contributed by atoms with Crippen LogP contribution in [0.1, 0.15) is 45.5 Å². The summed E-state index contributed by atoms with van der Waals surface area (Å²) < 4.78 is 2.03. The second kappa shape index (κ2) is 7.01. The van der Waals surface area contributed by atoms with E-state index in [4.69, 9.17) is 0 Å². The lowest BCUT2D eigenvalue weighted by molar-refractivity contribution is 0.169. The molecule has 5 heteroatoms. The zero-order valence-corrected chi connectivity index (χ0v) is 12.5. The molecule has 5 nitrogen and oxygen atoms in total. The summed E-state index contributed by atoms with van der Waals surface area (Å²) in [6.07, 6.45) is 4.26. The number of aromatic nitrogens is 3. The molecule has 1 N–H and O–H groups in total. The number of piperidine rings is 1. The van der Waals surface area contributed by atoms with Crippen LogP contribution in [-0.4, -0.2) is 45.8 Å². The van der Waals surface area contributed by atoms with Gasteiger partial charge in [-0.05, 0) is 58.8 Å². The first-order chi connectivity index (χ1) is 9.20. The molecule has 1 aliphatic heterocycles. The van der Waals surface area contributed by atoms with Crippen LogP contribution < -0.4 is 5.32 Å². The minimum atomic E-state index is 0.392. The Labute approximate surface area is 116 Å². The summed E-state index contributed by atoms with van der Waals surface area (Å²) in [6, 6.07) is 0.392. The predicted molar refractivity (Wildman–Crippen MR) is 77.0 cm³/mol. The van der Waals surface area contributed by atoms with Crippen molar-refractivity contribution >= 4 is 0 Å². The van der Waals surface area contributed by atoms with Crippen LogP contribution in [0.3, 0.4) is 0 Å². The molecule has 2 heterocycles. The maximum Gasteiger partial charge on any atom is 0.141 e. The normalized spacial score (nSPS) is 18.3. The Morgan fingerprint density at radius 2 is 2.11 bits per heavy atom. The van der Waals surface area contributed by atoms with Gasteiger partial charge in [0.1, 0.15) is 12.2 Å². The van der Waals surface area contributed by atoms with E-state index < -0.39 is 0 Å². The molecule has 1 aliphatic rings. The molecule has 0 spiro atoms. The summed E-state index contributed by atoms with van der Waals surface area (Å²) in [6.45, 7) is 12.0. The van der Waals surface area contributed by atoms with Gasteiger partial charge in [-0.25, -0.2) is 9.67 Å². The van der Waals surface area contributed by atoms with Gasteiger partial charge < -0.3 is 5.32 Å². The number of nitrogens with one attached hydrogen (secondary N) is 1. The largest absolute Gasteiger partial charge is 0.317 e. The van der Waals surface area contributed by atoms with Gasteiger partial charge in [-0.1, -0.05) is 6.92 Å². The van der Waals surface area contributed by atoms with E-state index >= 15 is 0 Å². The van der Waals surface area contributed by atoms with E-state index in [9.17, 15) is 0 Å². The highest BCUT2D eigenvalue weighted by atomic mass is 15.4. The Morgan fingerprint density at radius 1 is 1.37 bits per heavy atom. The molecule has 0 atom stereocenters. The molecule has 108 valence electrons. The van der Waals surface area contributed by atoms with Crippen LogP contribution in [0.5, 0.6) is 0 Å². The molecule has 0 radical (unpaired) electrons. The van der Waals surface area contributed by atoms with Gasteiger partial charge in [0.2, 0.25) is 0 Å². The lowest BCUT2D eigenvalue weighted by atomic mass is 9.97. The average molecular weight is 265 g/mol. The highest BCUT2D eigenvalue weighted by molar-refractivity contribution is 4.88. The highest BCUT2D eigenvalue weighted by Crippen LogP contribution is 2.18. The molecule has 0 aliphatic carbocycles. The second-order valence-electron chi connectivity index (χ2n) is 5.74. The van der Waals surface area contributed by atoms with Crippen molar-refractivity contribution in [2.75, 3.05) is 26.2 Å². The SMILES string of the molecule is CCNCC1CCN(Cc2ncnn2C(C)C)CC1. The van der Waals surface area contributed by atoms with Crippen molar-refractivity contribution < 1.29 is 0 Å². The van der Waals surface area contributed by atoms with Gasteiger partial charge >= 0.3 is 0 Å².